The molecule has 4 nitrogen and oxygen atoms in total. The lowest BCUT2D eigenvalue weighted by Crippen LogP contribution is -2.51. The number of pyridine rings is 1. The van der Waals surface area contributed by atoms with E-state index in [1.54, 1.807) is 13.3 Å². The van der Waals surface area contributed by atoms with E-state index in [0.717, 1.165) is 54.5 Å². The van der Waals surface area contributed by atoms with E-state index >= 15 is 0 Å². The largest absolute Gasteiger partial charge is 0.489 e. The average Bonchev–Trinajstić information content (AvgIpc) is 2.80. The lowest BCUT2D eigenvalue weighted by Gasteiger charge is -2.50. The van der Waals surface area contributed by atoms with Gasteiger partial charge >= 0.3 is 0 Å². The standard InChI is InChI=1S/C24H33ClN2O2S/c1-3-22(26)24(17-7-12-30-13-8-17)9-4-18(5-10-24)29-21-14-16-6-11-27-23(28-2)19(16)15-20(21)25/h6,11,14-15,17-18,22H,3-5,7-10,12-13,26H2,1-2H3/t18-,22-,24+/m0/s1. The van der Waals surface area contributed by atoms with Crippen LogP contribution < -0.4 is 15.2 Å². The Morgan fingerprint density at radius 3 is 2.63 bits per heavy atom. The second kappa shape index (κ2) is 9.54. The van der Waals surface area contributed by atoms with Crippen molar-refractivity contribution in [3.8, 4) is 11.6 Å². The second-order valence-electron chi connectivity index (χ2n) is 8.78. The topological polar surface area (TPSA) is 57.4 Å². The van der Waals surface area contributed by atoms with Crippen LogP contribution in [0.4, 0.5) is 0 Å². The minimum Gasteiger partial charge on any atom is -0.489 e. The molecule has 2 aliphatic rings. The molecule has 2 aromatic rings. The van der Waals surface area contributed by atoms with E-state index in [9.17, 15) is 0 Å². The van der Waals surface area contributed by atoms with Crippen molar-refractivity contribution < 1.29 is 9.47 Å². The Kier molecular flexibility index (Phi) is 7.01. The van der Waals surface area contributed by atoms with E-state index in [2.05, 4.69) is 23.7 Å². The minimum atomic E-state index is 0.193. The first-order chi connectivity index (χ1) is 14.6. The van der Waals surface area contributed by atoms with E-state index in [0.29, 0.717) is 10.9 Å². The summed E-state index contributed by atoms with van der Waals surface area (Å²) >= 11 is 8.67. The summed E-state index contributed by atoms with van der Waals surface area (Å²) in [6.45, 7) is 2.24. The van der Waals surface area contributed by atoms with Gasteiger partial charge in [-0.25, -0.2) is 4.98 Å². The second-order valence-corrected chi connectivity index (χ2v) is 10.4. The number of rotatable bonds is 6. The van der Waals surface area contributed by atoms with Gasteiger partial charge in [-0.3, -0.25) is 0 Å². The Bertz CT molecular complexity index is 864. The molecule has 1 saturated heterocycles. The first-order valence-corrected chi connectivity index (χ1v) is 12.7. The number of fused-ring (bicyclic) bond motifs is 1. The van der Waals surface area contributed by atoms with Gasteiger partial charge in [0.2, 0.25) is 5.88 Å². The third kappa shape index (κ3) is 4.26. The number of halogens is 1. The number of hydrogen-bond donors (Lipinski definition) is 1. The van der Waals surface area contributed by atoms with Crippen molar-refractivity contribution >= 4 is 34.1 Å². The van der Waals surface area contributed by atoms with Crippen LogP contribution >= 0.6 is 23.4 Å². The first kappa shape index (κ1) is 22.0. The average molecular weight is 449 g/mol. The van der Waals surface area contributed by atoms with Crippen LogP contribution in [-0.2, 0) is 0 Å². The van der Waals surface area contributed by atoms with Crippen LogP contribution in [0.2, 0.25) is 5.02 Å². The van der Waals surface area contributed by atoms with Crippen molar-refractivity contribution in [2.24, 2.45) is 17.1 Å². The van der Waals surface area contributed by atoms with E-state index in [1.807, 2.05) is 18.2 Å². The normalized spacial score (nSPS) is 26.5. The molecule has 0 amide bonds. The predicted molar refractivity (Wildman–Crippen MR) is 127 cm³/mol. The van der Waals surface area contributed by atoms with Gasteiger partial charge in [-0.15, -0.1) is 0 Å². The molecule has 0 spiro atoms. The molecule has 1 saturated carbocycles. The Morgan fingerprint density at radius 1 is 1.23 bits per heavy atom. The van der Waals surface area contributed by atoms with E-state index in [4.69, 9.17) is 26.8 Å². The molecule has 1 aliphatic heterocycles. The molecule has 164 valence electrons. The van der Waals surface area contributed by atoms with Gasteiger partial charge in [-0.1, -0.05) is 18.5 Å². The van der Waals surface area contributed by atoms with Gasteiger partial charge in [-0.2, -0.15) is 11.8 Å². The maximum absolute atomic E-state index is 6.74. The SMILES string of the molecule is CC[C@H](N)[C@]1(C2CCSCC2)CC[C@H](Oc2cc3ccnc(OC)c3cc2Cl)CC1. The lowest BCUT2D eigenvalue weighted by molar-refractivity contribution is 0.0102. The number of methoxy groups -OCH3 is 1. The van der Waals surface area contributed by atoms with Gasteiger partial charge in [-0.05, 0) is 91.4 Å². The summed E-state index contributed by atoms with van der Waals surface area (Å²) < 4.78 is 11.8. The fourth-order valence-corrected chi connectivity index (χ4v) is 6.90. The van der Waals surface area contributed by atoms with Crippen molar-refractivity contribution in [2.75, 3.05) is 18.6 Å². The highest BCUT2D eigenvalue weighted by Gasteiger charge is 2.46. The molecule has 6 heteroatoms. The molecule has 0 bridgehead atoms. The zero-order valence-corrected chi connectivity index (χ0v) is 19.6. The zero-order chi connectivity index (χ0) is 21.1. The molecule has 30 heavy (non-hydrogen) atoms. The molecule has 1 aromatic carbocycles. The van der Waals surface area contributed by atoms with Crippen LogP contribution in [0.1, 0.15) is 51.9 Å². The van der Waals surface area contributed by atoms with Crippen LogP contribution in [0, 0.1) is 11.3 Å². The Morgan fingerprint density at radius 2 is 1.97 bits per heavy atom. The van der Waals surface area contributed by atoms with Crippen LogP contribution in [-0.4, -0.2) is 35.7 Å². The Hall–Kier alpha value is -1.17. The van der Waals surface area contributed by atoms with Crippen LogP contribution in [0.3, 0.4) is 0 Å². The van der Waals surface area contributed by atoms with Gasteiger partial charge in [0.25, 0.3) is 0 Å². The number of hydrogen-bond acceptors (Lipinski definition) is 5. The molecule has 1 aliphatic carbocycles. The van der Waals surface area contributed by atoms with Crippen LogP contribution in [0.15, 0.2) is 24.4 Å². The number of benzene rings is 1. The molecule has 1 aromatic heterocycles. The van der Waals surface area contributed by atoms with Crippen molar-refractivity contribution in [1.29, 1.82) is 0 Å². The van der Waals surface area contributed by atoms with Gasteiger partial charge < -0.3 is 15.2 Å². The molecule has 0 unspecified atom stereocenters. The van der Waals surface area contributed by atoms with Gasteiger partial charge in [0.1, 0.15) is 5.75 Å². The van der Waals surface area contributed by atoms with Gasteiger partial charge in [0.15, 0.2) is 0 Å². The molecular formula is C24H33ClN2O2S. The summed E-state index contributed by atoms with van der Waals surface area (Å²) in [5, 5.41) is 2.54. The highest BCUT2D eigenvalue weighted by atomic mass is 35.5. The van der Waals surface area contributed by atoms with Crippen molar-refractivity contribution in [2.45, 2.75) is 64.0 Å². The summed E-state index contributed by atoms with van der Waals surface area (Å²) in [5.41, 5.74) is 7.02. The van der Waals surface area contributed by atoms with Crippen LogP contribution in [0.25, 0.3) is 10.8 Å². The lowest BCUT2D eigenvalue weighted by atomic mass is 9.59. The maximum atomic E-state index is 6.74. The summed E-state index contributed by atoms with van der Waals surface area (Å²) in [6.07, 6.45) is 10.0. The summed E-state index contributed by atoms with van der Waals surface area (Å²) in [5.74, 6) is 4.67. The highest BCUT2D eigenvalue weighted by Crippen LogP contribution is 2.51. The predicted octanol–water partition coefficient (Wildman–Crippen LogP) is 6.09. The molecule has 1 atom stereocenters. The molecule has 2 heterocycles. The third-order valence-electron chi connectivity index (χ3n) is 7.34. The number of ether oxygens (including phenoxy) is 2. The number of nitrogens with zero attached hydrogens (tertiary/aromatic N) is 1. The molecule has 0 radical (unpaired) electrons. The van der Waals surface area contributed by atoms with Crippen molar-refractivity contribution in [3.05, 3.63) is 29.4 Å². The maximum Gasteiger partial charge on any atom is 0.221 e. The summed E-state index contributed by atoms with van der Waals surface area (Å²) in [6, 6.07) is 6.17. The zero-order valence-electron chi connectivity index (χ0n) is 18.0. The molecule has 4 rings (SSSR count). The van der Waals surface area contributed by atoms with Crippen molar-refractivity contribution in [1.82, 2.24) is 4.98 Å². The number of nitrogens with two attached hydrogens (primary N) is 1. The summed E-state index contributed by atoms with van der Waals surface area (Å²) in [4.78, 5) is 4.26. The van der Waals surface area contributed by atoms with Crippen LogP contribution in [0.5, 0.6) is 11.6 Å². The van der Waals surface area contributed by atoms with E-state index in [-0.39, 0.29) is 17.6 Å². The monoisotopic (exact) mass is 448 g/mol. The molecule has 2 N–H and O–H groups in total. The first-order valence-electron chi connectivity index (χ1n) is 11.2. The number of aromatic nitrogens is 1. The summed E-state index contributed by atoms with van der Waals surface area (Å²) in [7, 11) is 1.63. The third-order valence-corrected chi connectivity index (χ3v) is 8.69. The fourth-order valence-electron chi connectivity index (χ4n) is 5.59. The highest BCUT2D eigenvalue weighted by molar-refractivity contribution is 7.99. The molecular weight excluding hydrogens is 416 g/mol. The fraction of sp³-hybridized carbons (Fsp3) is 0.625. The Balaban J connectivity index is 1.49. The van der Waals surface area contributed by atoms with E-state index in [1.165, 1.54) is 24.3 Å². The van der Waals surface area contributed by atoms with Crippen molar-refractivity contribution in [3.63, 3.8) is 0 Å². The van der Waals surface area contributed by atoms with Gasteiger partial charge in [0, 0.05) is 17.6 Å². The smallest absolute Gasteiger partial charge is 0.221 e. The minimum absolute atomic E-state index is 0.193. The van der Waals surface area contributed by atoms with E-state index < -0.39 is 0 Å². The number of thioether (sulfide) groups is 1. The molecule has 2 fully saturated rings. The Labute approximate surface area is 189 Å². The quantitative estimate of drug-likeness (QED) is 0.579. The van der Waals surface area contributed by atoms with Gasteiger partial charge in [0.05, 0.1) is 18.2 Å².